The van der Waals surface area contributed by atoms with E-state index in [1.807, 2.05) is 38.4 Å². The van der Waals surface area contributed by atoms with E-state index in [0.29, 0.717) is 28.8 Å². The Morgan fingerprint density at radius 3 is 2.53 bits per heavy atom. The van der Waals surface area contributed by atoms with Crippen molar-refractivity contribution in [1.29, 1.82) is 0 Å². The Bertz CT molecular complexity index is 1150. The van der Waals surface area contributed by atoms with E-state index in [9.17, 15) is 9.59 Å². The van der Waals surface area contributed by atoms with Gasteiger partial charge in [0.25, 0.3) is 5.91 Å². The third kappa shape index (κ3) is 3.63. The van der Waals surface area contributed by atoms with Crippen LogP contribution in [0.1, 0.15) is 34.1 Å². The fraction of sp³-hybridized carbons (Fsp3) is 0.304. The van der Waals surface area contributed by atoms with Crippen LogP contribution in [0.2, 0.25) is 0 Å². The second-order valence-electron chi connectivity index (χ2n) is 7.65. The van der Waals surface area contributed by atoms with Crippen LogP contribution < -0.4 is 10.2 Å². The Hall–Kier alpha value is -2.64. The SMILES string of the molecule is COc1ccc2c(=O)c3c(oc2c1)C(=O)N(CCCN(C)C)[C@@H]3c1ccc(Br)cc1. The number of fused-ring (bicyclic) bond motifs is 2. The van der Waals surface area contributed by atoms with E-state index in [4.69, 9.17) is 9.15 Å². The molecule has 1 aromatic heterocycles. The average Bonchev–Trinajstić information content (AvgIpc) is 3.00. The van der Waals surface area contributed by atoms with Crippen LogP contribution in [0.3, 0.4) is 0 Å². The van der Waals surface area contributed by atoms with Crippen molar-refractivity contribution in [3.63, 3.8) is 0 Å². The van der Waals surface area contributed by atoms with Gasteiger partial charge in [0.15, 0.2) is 5.43 Å². The van der Waals surface area contributed by atoms with Crippen LogP contribution in [0.25, 0.3) is 11.0 Å². The fourth-order valence-corrected chi connectivity index (χ4v) is 4.17. The zero-order valence-electron chi connectivity index (χ0n) is 17.1. The lowest BCUT2D eigenvalue weighted by atomic mass is 9.98. The van der Waals surface area contributed by atoms with Gasteiger partial charge in [-0.1, -0.05) is 28.1 Å². The molecule has 1 aliphatic rings. The number of carbonyl (C=O) groups is 1. The topological polar surface area (TPSA) is 63.0 Å². The van der Waals surface area contributed by atoms with Gasteiger partial charge in [-0.25, -0.2) is 0 Å². The number of nitrogens with zero attached hydrogens (tertiary/aromatic N) is 2. The van der Waals surface area contributed by atoms with E-state index in [2.05, 4.69) is 20.8 Å². The van der Waals surface area contributed by atoms with Crippen LogP contribution in [0, 0.1) is 0 Å². The quantitative estimate of drug-likeness (QED) is 0.543. The largest absolute Gasteiger partial charge is 0.497 e. The smallest absolute Gasteiger partial charge is 0.290 e. The molecule has 0 saturated carbocycles. The van der Waals surface area contributed by atoms with Crippen molar-refractivity contribution < 1.29 is 13.9 Å². The number of amides is 1. The van der Waals surface area contributed by atoms with Crippen LogP contribution in [0.5, 0.6) is 5.75 Å². The molecular weight excluding hydrogens is 448 g/mol. The first kappa shape index (κ1) is 20.6. The molecular formula is C23H23BrN2O4. The van der Waals surface area contributed by atoms with E-state index in [-0.39, 0.29) is 17.1 Å². The van der Waals surface area contributed by atoms with Crippen LogP contribution in [-0.4, -0.2) is 50.0 Å². The molecule has 0 aliphatic carbocycles. The molecule has 0 radical (unpaired) electrons. The first-order valence-electron chi connectivity index (χ1n) is 9.76. The summed E-state index contributed by atoms with van der Waals surface area (Å²) in [4.78, 5) is 30.6. The van der Waals surface area contributed by atoms with E-state index in [0.717, 1.165) is 23.0 Å². The number of ether oxygens (including phenoxy) is 1. The van der Waals surface area contributed by atoms with E-state index in [1.165, 1.54) is 0 Å². The Morgan fingerprint density at radius 2 is 1.87 bits per heavy atom. The highest BCUT2D eigenvalue weighted by Gasteiger charge is 2.42. The predicted octanol–water partition coefficient (Wildman–Crippen LogP) is 4.06. The van der Waals surface area contributed by atoms with Gasteiger partial charge in [-0.3, -0.25) is 9.59 Å². The van der Waals surface area contributed by atoms with Crippen LogP contribution in [-0.2, 0) is 0 Å². The molecule has 0 bridgehead atoms. The highest BCUT2D eigenvalue weighted by atomic mass is 79.9. The number of hydrogen-bond acceptors (Lipinski definition) is 5. The number of benzene rings is 2. The van der Waals surface area contributed by atoms with E-state index in [1.54, 1.807) is 30.2 Å². The summed E-state index contributed by atoms with van der Waals surface area (Å²) < 4.78 is 12.2. The first-order valence-corrected chi connectivity index (χ1v) is 10.6. The molecule has 4 rings (SSSR count). The summed E-state index contributed by atoms with van der Waals surface area (Å²) >= 11 is 3.45. The van der Waals surface area contributed by atoms with E-state index < -0.39 is 6.04 Å². The number of hydrogen-bond donors (Lipinski definition) is 0. The molecule has 1 aliphatic heterocycles. The van der Waals surface area contributed by atoms with E-state index >= 15 is 0 Å². The summed E-state index contributed by atoms with van der Waals surface area (Å²) in [6.45, 7) is 1.37. The number of halogens is 1. The molecule has 2 heterocycles. The molecule has 7 heteroatoms. The minimum atomic E-state index is -0.467. The van der Waals surface area contributed by atoms with Crippen molar-refractivity contribution in [2.75, 3.05) is 34.3 Å². The van der Waals surface area contributed by atoms with Crippen molar-refractivity contribution in [3.05, 3.63) is 74.0 Å². The molecule has 3 aromatic rings. The van der Waals surface area contributed by atoms with Gasteiger partial charge in [-0.05, 0) is 56.9 Å². The highest BCUT2D eigenvalue weighted by Crippen LogP contribution is 2.38. The summed E-state index contributed by atoms with van der Waals surface area (Å²) in [5.41, 5.74) is 1.47. The van der Waals surface area contributed by atoms with Crippen LogP contribution in [0.4, 0.5) is 0 Å². The van der Waals surface area contributed by atoms with Gasteiger partial charge < -0.3 is 19.0 Å². The normalized spacial score (nSPS) is 15.8. The zero-order chi connectivity index (χ0) is 21.4. The maximum atomic E-state index is 13.4. The first-order chi connectivity index (χ1) is 14.4. The van der Waals surface area contributed by atoms with Crippen LogP contribution >= 0.6 is 15.9 Å². The summed E-state index contributed by atoms with van der Waals surface area (Å²) in [5.74, 6) is 0.445. The minimum absolute atomic E-state index is 0.124. The van der Waals surface area contributed by atoms with Gasteiger partial charge in [0.05, 0.1) is 24.1 Å². The molecule has 1 atom stereocenters. The Balaban J connectivity index is 1.87. The molecule has 0 fully saturated rings. The Labute approximate surface area is 183 Å². The molecule has 0 N–H and O–H groups in total. The molecule has 2 aromatic carbocycles. The molecule has 156 valence electrons. The van der Waals surface area contributed by atoms with Crippen molar-refractivity contribution in [3.8, 4) is 5.75 Å². The Kier molecular flexibility index (Phi) is 5.66. The molecule has 0 saturated heterocycles. The van der Waals surface area contributed by atoms with Gasteiger partial charge >= 0.3 is 0 Å². The molecule has 30 heavy (non-hydrogen) atoms. The van der Waals surface area contributed by atoms with Crippen LogP contribution in [0.15, 0.2) is 56.1 Å². The number of rotatable bonds is 6. The molecule has 0 spiro atoms. The lowest BCUT2D eigenvalue weighted by Crippen LogP contribution is -2.32. The maximum Gasteiger partial charge on any atom is 0.290 e. The average molecular weight is 471 g/mol. The molecule has 1 amide bonds. The second-order valence-corrected chi connectivity index (χ2v) is 8.56. The predicted molar refractivity (Wildman–Crippen MR) is 119 cm³/mol. The van der Waals surface area contributed by atoms with Gasteiger partial charge in [-0.2, -0.15) is 0 Å². The monoisotopic (exact) mass is 470 g/mol. The lowest BCUT2D eigenvalue weighted by Gasteiger charge is -2.25. The second kappa shape index (κ2) is 8.24. The van der Waals surface area contributed by atoms with Gasteiger partial charge in [0.1, 0.15) is 11.3 Å². The summed E-state index contributed by atoms with van der Waals surface area (Å²) in [7, 11) is 5.55. The summed E-state index contributed by atoms with van der Waals surface area (Å²) in [5, 5.41) is 0.444. The highest BCUT2D eigenvalue weighted by molar-refractivity contribution is 9.10. The van der Waals surface area contributed by atoms with Crippen molar-refractivity contribution >= 4 is 32.8 Å². The molecule has 0 unspecified atom stereocenters. The van der Waals surface area contributed by atoms with Gasteiger partial charge in [-0.15, -0.1) is 0 Å². The third-order valence-electron chi connectivity index (χ3n) is 5.36. The third-order valence-corrected chi connectivity index (χ3v) is 5.89. The Morgan fingerprint density at radius 1 is 1.13 bits per heavy atom. The maximum absolute atomic E-state index is 13.4. The standard InChI is InChI=1S/C23H23BrN2O4/c1-25(2)11-4-12-26-20(14-5-7-15(24)8-6-14)19-21(27)17-10-9-16(29-3)13-18(17)30-22(19)23(26)28/h5-10,13,20H,4,11-12H2,1-3H3/t20-/m1/s1. The fourth-order valence-electron chi connectivity index (χ4n) is 3.91. The van der Waals surface area contributed by atoms with Gasteiger partial charge in [0, 0.05) is 17.1 Å². The number of methoxy groups -OCH3 is 1. The summed E-state index contributed by atoms with van der Waals surface area (Å²) in [6.07, 6.45) is 0.793. The summed E-state index contributed by atoms with van der Waals surface area (Å²) in [6, 6.07) is 12.3. The van der Waals surface area contributed by atoms with Crippen molar-refractivity contribution in [1.82, 2.24) is 9.80 Å². The minimum Gasteiger partial charge on any atom is -0.497 e. The zero-order valence-corrected chi connectivity index (χ0v) is 18.7. The molecule has 6 nitrogen and oxygen atoms in total. The van der Waals surface area contributed by atoms with Crippen molar-refractivity contribution in [2.45, 2.75) is 12.5 Å². The number of carbonyl (C=O) groups excluding carboxylic acids is 1. The van der Waals surface area contributed by atoms with Crippen molar-refractivity contribution in [2.24, 2.45) is 0 Å². The lowest BCUT2D eigenvalue weighted by molar-refractivity contribution is 0.0722. The van der Waals surface area contributed by atoms with Gasteiger partial charge in [0.2, 0.25) is 5.76 Å².